The lowest BCUT2D eigenvalue weighted by molar-refractivity contribution is -0.308. The third kappa shape index (κ3) is 4.97. The standard InChI is InChI=1S/C19H14ClF2N3O5.CH4O/c1-9-6-23-12(8-26)5-14(9)25-10(2)3-15(16(20)18(25)27)30-19(28,29)17-13(22)4-11(21)7-24-17;1-2/h3-8,28-29H,1-2H3;2H,1H3. The molecule has 32 heavy (non-hydrogen) atoms. The maximum absolute atomic E-state index is 13.9. The lowest BCUT2D eigenvalue weighted by atomic mass is 10.2. The van der Waals surface area contributed by atoms with Crippen LogP contribution in [0.2, 0.25) is 5.02 Å². The number of aldehydes is 1. The van der Waals surface area contributed by atoms with Gasteiger partial charge in [0.1, 0.15) is 16.5 Å². The summed E-state index contributed by atoms with van der Waals surface area (Å²) < 4.78 is 33.0. The molecule has 0 saturated carbocycles. The minimum absolute atomic E-state index is 0.0842. The average molecular weight is 470 g/mol. The molecule has 0 spiro atoms. The summed E-state index contributed by atoms with van der Waals surface area (Å²) in [6, 6.07) is 2.97. The van der Waals surface area contributed by atoms with E-state index in [1.54, 1.807) is 6.92 Å². The molecule has 170 valence electrons. The number of aryl methyl sites for hydroxylation is 2. The number of aliphatic hydroxyl groups excluding tert-OH is 1. The number of carbonyl (C=O) groups is 1. The smallest absolute Gasteiger partial charge is 0.372 e. The highest BCUT2D eigenvalue weighted by molar-refractivity contribution is 6.31. The van der Waals surface area contributed by atoms with Gasteiger partial charge in [0.15, 0.2) is 23.5 Å². The first-order valence-electron chi connectivity index (χ1n) is 8.79. The molecule has 0 unspecified atom stereocenters. The van der Waals surface area contributed by atoms with Crippen LogP contribution in [0.1, 0.15) is 27.4 Å². The van der Waals surface area contributed by atoms with Gasteiger partial charge in [0, 0.05) is 31.1 Å². The molecule has 0 aliphatic rings. The van der Waals surface area contributed by atoms with E-state index in [2.05, 4.69) is 9.97 Å². The molecule has 0 atom stereocenters. The number of hydrogen-bond acceptors (Lipinski definition) is 8. The first kappa shape index (κ1) is 25.0. The molecule has 0 bridgehead atoms. The number of halogens is 3. The van der Waals surface area contributed by atoms with E-state index in [0.717, 1.165) is 7.11 Å². The molecule has 3 aromatic rings. The largest absolute Gasteiger partial charge is 0.433 e. The molecule has 0 radical (unpaired) electrons. The van der Waals surface area contributed by atoms with Crippen molar-refractivity contribution >= 4 is 17.9 Å². The Bertz CT molecular complexity index is 1220. The first-order valence-corrected chi connectivity index (χ1v) is 9.17. The number of aromatic nitrogens is 3. The molecular formula is C20H18ClF2N3O6. The highest BCUT2D eigenvalue weighted by atomic mass is 35.5. The summed E-state index contributed by atoms with van der Waals surface area (Å²) in [5.41, 5.74) is -0.612. The van der Waals surface area contributed by atoms with E-state index in [0.29, 0.717) is 29.8 Å². The monoisotopic (exact) mass is 469 g/mol. The zero-order chi connectivity index (χ0) is 24.2. The van der Waals surface area contributed by atoms with Crippen LogP contribution in [-0.2, 0) is 5.97 Å². The second-order valence-corrected chi connectivity index (χ2v) is 6.69. The quantitative estimate of drug-likeness (QED) is 0.380. The molecule has 0 saturated heterocycles. The molecule has 0 aliphatic carbocycles. The van der Waals surface area contributed by atoms with Crippen LogP contribution in [0.15, 0.2) is 35.4 Å². The minimum Gasteiger partial charge on any atom is -0.433 e. The fourth-order valence-electron chi connectivity index (χ4n) is 2.74. The van der Waals surface area contributed by atoms with Gasteiger partial charge >= 0.3 is 5.97 Å². The van der Waals surface area contributed by atoms with Crippen LogP contribution < -0.4 is 10.3 Å². The first-order chi connectivity index (χ1) is 15.0. The van der Waals surface area contributed by atoms with Crippen LogP contribution >= 0.6 is 11.6 Å². The number of pyridine rings is 3. The Morgan fingerprint density at radius 1 is 1.12 bits per heavy atom. The van der Waals surface area contributed by atoms with Crippen LogP contribution in [0.25, 0.3) is 5.69 Å². The van der Waals surface area contributed by atoms with Crippen molar-refractivity contribution in [1.82, 2.24) is 14.5 Å². The topological polar surface area (TPSA) is 135 Å². The van der Waals surface area contributed by atoms with Gasteiger partial charge in [-0.2, -0.15) is 0 Å². The van der Waals surface area contributed by atoms with Crippen molar-refractivity contribution < 1.29 is 33.6 Å². The average Bonchev–Trinajstić information content (AvgIpc) is 2.74. The van der Waals surface area contributed by atoms with E-state index in [4.69, 9.17) is 21.4 Å². The summed E-state index contributed by atoms with van der Waals surface area (Å²) in [4.78, 5) is 31.0. The lowest BCUT2D eigenvalue weighted by Gasteiger charge is -2.24. The van der Waals surface area contributed by atoms with Crippen molar-refractivity contribution in [2.24, 2.45) is 0 Å². The third-order valence-corrected chi connectivity index (χ3v) is 4.47. The van der Waals surface area contributed by atoms with Gasteiger partial charge in [-0.25, -0.2) is 13.8 Å². The summed E-state index contributed by atoms with van der Waals surface area (Å²) in [7, 11) is 1.00. The summed E-state index contributed by atoms with van der Waals surface area (Å²) >= 11 is 6.06. The Hall–Kier alpha value is -3.25. The molecule has 3 heterocycles. The predicted molar refractivity (Wildman–Crippen MR) is 109 cm³/mol. The molecule has 3 N–H and O–H groups in total. The van der Waals surface area contributed by atoms with Crippen molar-refractivity contribution in [2.45, 2.75) is 19.8 Å². The molecule has 0 aromatic carbocycles. The lowest BCUT2D eigenvalue weighted by Crippen LogP contribution is -2.35. The van der Waals surface area contributed by atoms with Crippen molar-refractivity contribution in [3.05, 3.63) is 80.2 Å². The summed E-state index contributed by atoms with van der Waals surface area (Å²) in [6.07, 6.45) is 2.47. The van der Waals surface area contributed by atoms with Gasteiger partial charge in [-0.1, -0.05) is 11.6 Å². The fraction of sp³-hybridized carbons (Fsp3) is 0.200. The molecule has 0 amide bonds. The number of carbonyl (C=O) groups excluding carboxylic acids is 1. The van der Waals surface area contributed by atoms with Crippen molar-refractivity contribution in [3.63, 3.8) is 0 Å². The third-order valence-electron chi connectivity index (χ3n) is 4.13. The Kier molecular flexibility index (Phi) is 7.75. The number of ether oxygens (including phenoxy) is 1. The van der Waals surface area contributed by atoms with Gasteiger partial charge in [0.2, 0.25) is 0 Å². The van der Waals surface area contributed by atoms with Gasteiger partial charge in [0.25, 0.3) is 5.56 Å². The van der Waals surface area contributed by atoms with E-state index < -0.39 is 39.6 Å². The zero-order valence-corrected chi connectivity index (χ0v) is 17.8. The summed E-state index contributed by atoms with van der Waals surface area (Å²) in [5, 5.41) is 26.7. The van der Waals surface area contributed by atoms with E-state index in [1.807, 2.05) is 0 Å². The van der Waals surface area contributed by atoms with Crippen LogP contribution in [0.3, 0.4) is 0 Å². The van der Waals surface area contributed by atoms with Gasteiger partial charge in [-0.05, 0) is 25.5 Å². The molecule has 0 fully saturated rings. The number of nitrogens with zero attached hydrogens (tertiary/aromatic N) is 3. The van der Waals surface area contributed by atoms with E-state index in [-0.39, 0.29) is 11.4 Å². The Morgan fingerprint density at radius 2 is 1.78 bits per heavy atom. The molecule has 12 heteroatoms. The van der Waals surface area contributed by atoms with Crippen molar-refractivity contribution in [3.8, 4) is 11.4 Å². The van der Waals surface area contributed by atoms with Gasteiger partial charge in [-0.15, -0.1) is 0 Å². The Morgan fingerprint density at radius 3 is 2.38 bits per heavy atom. The van der Waals surface area contributed by atoms with Crippen LogP contribution in [0.5, 0.6) is 5.75 Å². The van der Waals surface area contributed by atoms with E-state index >= 15 is 0 Å². The number of rotatable bonds is 5. The van der Waals surface area contributed by atoms with Crippen molar-refractivity contribution in [1.29, 1.82) is 0 Å². The number of aliphatic hydroxyl groups is 3. The molecule has 9 nitrogen and oxygen atoms in total. The maximum atomic E-state index is 13.9. The molecule has 0 aliphatic heterocycles. The SMILES string of the molecule is CO.Cc1cnc(C=O)cc1-n1c(C)cc(OC(O)(O)c2ncc(F)cc2F)c(Cl)c1=O. The van der Waals surface area contributed by atoms with Crippen molar-refractivity contribution in [2.75, 3.05) is 7.11 Å². The molecule has 3 rings (SSSR count). The predicted octanol–water partition coefficient (Wildman–Crippen LogP) is 1.77. The van der Waals surface area contributed by atoms with E-state index in [9.17, 15) is 28.6 Å². The van der Waals surface area contributed by atoms with Gasteiger partial charge < -0.3 is 20.1 Å². The Labute approximate surface area is 185 Å². The molecule has 3 aromatic heterocycles. The highest BCUT2D eigenvalue weighted by Gasteiger charge is 2.36. The Balaban J connectivity index is 0.00000176. The van der Waals surface area contributed by atoms with E-state index in [1.165, 1.54) is 29.8 Å². The molecular weight excluding hydrogens is 452 g/mol. The van der Waals surface area contributed by atoms with Gasteiger partial charge in [0.05, 0.1) is 11.9 Å². The summed E-state index contributed by atoms with van der Waals surface area (Å²) in [5.74, 6) is -6.24. The zero-order valence-electron chi connectivity index (χ0n) is 17.0. The normalized spacial score (nSPS) is 10.9. The van der Waals surface area contributed by atoms with Gasteiger partial charge in [-0.3, -0.25) is 19.1 Å². The van der Waals surface area contributed by atoms with Crippen LogP contribution in [0.4, 0.5) is 8.78 Å². The van der Waals surface area contributed by atoms with Crippen LogP contribution in [-0.4, -0.2) is 43.3 Å². The summed E-state index contributed by atoms with van der Waals surface area (Å²) in [6.45, 7) is 3.16. The second-order valence-electron chi connectivity index (χ2n) is 6.31. The van der Waals surface area contributed by atoms with Crippen LogP contribution in [0, 0.1) is 25.5 Å². The maximum Gasteiger partial charge on any atom is 0.372 e. The fourth-order valence-corrected chi connectivity index (χ4v) is 2.92. The second kappa shape index (κ2) is 9.92. The number of hydrogen-bond donors (Lipinski definition) is 3. The minimum atomic E-state index is -3.34. The highest BCUT2D eigenvalue weighted by Crippen LogP contribution is 2.30.